The van der Waals surface area contributed by atoms with E-state index < -0.39 is 5.82 Å². The normalized spacial score (nSPS) is 13.4. The number of piperidine rings is 1. The summed E-state index contributed by atoms with van der Waals surface area (Å²) in [5.41, 5.74) is 3.17. The van der Waals surface area contributed by atoms with Gasteiger partial charge >= 0.3 is 0 Å². The van der Waals surface area contributed by atoms with Crippen molar-refractivity contribution in [3.05, 3.63) is 71.7 Å². The highest BCUT2D eigenvalue weighted by molar-refractivity contribution is 6.32. The van der Waals surface area contributed by atoms with E-state index in [0.717, 1.165) is 43.1 Å². The molecule has 0 atom stereocenters. The van der Waals surface area contributed by atoms with Crippen LogP contribution in [0, 0.1) is 5.82 Å². The summed E-state index contributed by atoms with van der Waals surface area (Å²) < 4.78 is 19.9. The van der Waals surface area contributed by atoms with Crippen LogP contribution in [0.3, 0.4) is 0 Å². The van der Waals surface area contributed by atoms with E-state index in [1.54, 1.807) is 13.2 Å². The van der Waals surface area contributed by atoms with E-state index >= 15 is 0 Å². The van der Waals surface area contributed by atoms with Crippen LogP contribution in [-0.4, -0.2) is 36.0 Å². The molecule has 2 heterocycles. The fourth-order valence-corrected chi connectivity index (χ4v) is 4.27. The molecule has 1 aliphatic heterocycles. The van der Waals surface area contributed by atoms with Crippen molar-refractivity contribution in [2.75, 3.05) is 30.4 Å². The number of allylic oxidation sites excluding steroid dienone is 1. The van der Waals surface area contributed by atoms with Gasteiger partial charge in [0, 0.05) is 30.8 Å². The van der Waals surface area contributed by atoms with Crippen molar-refractivity contribution in [1.29, 1.82) is 0 Å². The molecule has 0 aliphatic carbocycles. The van der Waals surface area contributed by atoms with Gasteiger partial charge in [-0.15, -0.1) is 0 Å². The number of rotatable bonds is 8. The number of nitrogens with zero attached hydrogens (tertiary/aromatic N) is 3. The molecule has 1 fully saturated rings. The SMILES string of the molecule is C=CC(=O)Cc1cc(F)cc(-c2nc(Nc3ccc(OC)c(N4CCCCC4)c3)ncc2Cl)c1. The van der Waals surface area contributed by atoms with E-state index in [4.69, 9.17) is 16.3 Å². The first-order chi connectivity index (χ1) is 16.5. The van der Waals surface area contributed by atoms with E-state index in [1.807, 2.05) is 18.2 Å². The summed E-state index contributed by atoms with van der Waals surface area (Å²) >= 11 is 6.36. The summed E-state index contributed by atoms with van der Waals surface area (Å²) in [6, 6.07) is 10.2. The molecule has 3 aromatic rings. The number of nitrogens with one attached hydrogen (secondary N) is 1. The van der Waals surface area contributed by atoms with Gasteiger partial charge in [0.25, 0.3) is 0 Å². The van der Waals surface area contributed by atoms with Gasteiger partial charge in [-0.1, -0.05) is 18.2 Å². The molecular formula is C26H26ClFN4O2. The van der Waals surface area contributed by atoms with Gasteiger partial charge in [-0.05, 0) is 67.3 Å². The number of hydrogen-bond donors (Lipinski definition) is 1. The molecule has 1 N–H and O–H groups in total. The maximum atomic E-state index is 14.3. The maximum absolute atomic E-state index is 14.3. The molecular weight excluding hydrogens is 455 g/mol. The van der Waals surface area contributed by atoms with Crippen molar-refractivity contribution in [1.82, 2.24) is 9.97 Å². The summed E-state index contributed by atoms with van der Waals surface area (Å²) in [7, 11) is 1.67. The van der Waals surface area contributed by atoms with Crippen molar-refractivity contribution >= 4 is 34.7 Å². The van der Waals surface area contributed by atoms with Crippen molar-refractivity contribution < 1.29 is 13.9 Å². The summed E-state index contributed by atoms with van der Waals surface area (Å²) in [4.78, 5) is 22.9. The molecule has 8 heteroatoms. The number of ketones is 1. The molecule has 0 amide bonds. The first-order valence-electron chi connectivity index (χ1n) is 11.1. The van der Waals surface area contributed by atoms with Crippen LogP contribution in [0.2, 0.25) is 5.02 Å². The number of ether oxygens (including phenoxy) is 1. The van der Waals surface area contributed by atoms with Crippen LogP contribution in [0.5, 0.6) is 5.75 Å². The molecule has 6 nitrogen and oxygen atoms in total. The summed E-state index contributed by atoms with van der Waals surface area (Å²) in [6.45, 7) is 5.44. The Morgan fingerprint density at radius 3 is 2.76 bits per heavy atom. The Labute approximate surface area is 203 Å². The minimum atomic E-state index is -0.477. The third-order valence-electron chi connectivity index (χ3n) is 5.71. The molecule has 0 unspecified atom stereocenters. The van der Waals surface area contributed by atoms with Gasteiger partial charge in [-0.25, -0.2) is 14.4 Å². The molecule has 1 aromatic heterocycles. The number of anilines is 3. The second-order valence-electron chi connectivity index (χ2n) is 8.14. The summed E-state index contributed by atoms with van der Waals surface area (Å²) in [5, 5.41) is 3.50. The Morgan fingerprint density at radius 2 is 2.03 bits per heavy atom. The third kappa shape index (κ3) is 5.54. The van der Waals surface area contributed by atoms with Gasteiger partial charge in [0.2, 0.25) is 5.95 Å². The van der Waals surface area contributed by atoms with Gasteiger partial charge in [0.15, 0.2) is 5.78 Å². The molecule has 0 spiro atoms. The van der Waals surface area contributed by atoms with Crippen LogP contribution in [0.15, 0.2) is 55.3 Å². The van der Waals surface area contributed by atoms with E-state index in [9.17, 15) is 9.18 Å². The van der Waals surface area contributed by atoms with Gasteiger partial charge in [0.1, 0.15) is 11.6 Å². The predicted octanol–water partition coefficient (Wildman–Crippen LogP) is 5.98. The molecule has 0 saturated carbocycles. The molecule has 4 rings (SSSR count). The lowest BCUT2D eigenvalue weighted by Crippen LogP contribution is -2.29. The quantitative estimate of drug-likeness (QED) is 0.400. The minimum Gasteiger partial charge on any atom is -0.495 e. The lowest BCUT2D eigenvalue weighted by molar-refractivity contribution is -0.114. The summed E-state index contributed by atoms with van der Waals surface area (Å²) in [6.07, 6.45) is 6.28. The zero-order valence-corrected chi connectivity index (χ0v) is 19.7. The molecule has 176 valence electrons. The minimum absolute atomic E-state index is 0.0488. The fraction of sp³-hybridized carbons (Fsp3) is 0.269. The second-order valence-corrected chi connectivity index (χ2v) is 8.55. The topological polar surface area (TPSA) is 67.3 Å². The predicted molar refractivity (Wildman–Crippen MR) is 134 cm³/mol. The highest BCUT2D eigenvalue weighted by Gasteiger charge is 2.17. The standard InChI is InChI=1S/C26H26ClFN4O2/c1-3-21(33)13-17-11-18(14-19(28)12-17)25-22(27)16-29-26(31-25)30-20-7-8-24(34-2)23(15-20)32-9-5-4-6-10-32/h3,7-8,11-12,14-16H,1,4-6,9-10,13H2,2H3,(H,29,30,31). The Hall–Kier alpha value is -3.45. The average Bonchev–Trinajstić information content (AvgIpc) is 2.85. The lowest BCUT2D eigenvalue weighted by atomic mass is 10.0. The van der Waals surface area contributed by atoms with Crippen molar-refractivity contribution in [2.24, 2.45) is 0 Å². The molecule has 34 heavy (non-hydrogen) atoms. The monoisotopic (exact) mass is 480 g/mol. The molecule has 2 aromatic carbocycles. The van der Waals surface area contributed by atoms with Crippen LogP contribution >= 0.6 is 11.6 Å². The molecule has 1 aliphatic rings. The number of hydrogen-bond acceptors (Lipinski definition) is 6. The van der Waals surface area contributed by atoms with Crippen LogP contribution in [0.1, 0.15) is 24.8 Å². The number of methoxy groups -OCH3 is 1. The van der Waals surface area contributed by atoms with Crippen LogP contribution in [0.25, 0.3) is 11.3 Å². The Balaban J connectivity index is 1.63. The largest absolute Gasteiger partial charge is 0.495 e. The zero-order chi connectivity index (χ0) is 24.1. The maximum Gasteiger partial charge on any atom is 0.227 e. The third-order valence-corrected chi connectivity index (χ3v) is 5.99. The Kier molecular flexibility index (Phi) is 7.43. The second kappa shape index (κ2) is 10.7. The number of halogens is 2. The Bertz CT molecular complexity index is 1210. The first-order valence-corrected chi connectivity index (χ1v) is 11.5. The van der Waals surface area contributed by atoms with E-state index in [2.05, 4.69) is 26.8 Å². The number of benzene rings is 2. The average molecular weight is 481 g/mol. The number of aromatic nitrogens is 2. The smallest absolute Gasteiger partial charge is 0.227 e. The first kappa shape index (κ1) is 23.7. The van der Waals surface area contributed by atoms with Gasteiger partial charge < -0.3 is 15.0 Å². The van der Waals surface area contributed by atoms with Crippen LogP contribution in [-0.2, 0) is 11.2 Å². The van der Waals surface area contributed by atoms with Gasteiger partial charge in [-0.3, -0.25) is 4.79 Å². The lowest BCUT2D eigenvalue weighted by Gasteiger charge is -2.30. The van der Waals surface area contributed by atoms with Crippen molar-refractivity contribution in [3.63, 3.8) is 0 Å². The highest BCUT2D eigenvalue weighted by Crippen LogP contribution is 2.34. The van der Waals surface area contributed by atoms with E-state index in [1.165, 1.54) is 30.8 Å². The molecule has 0 radical (unpaired) electrons. The van der Waals surface area contributed by atoms with Gasteiger partial charge in [-0.2, -0.15) is 0 Å². The zero-order valence-electron chi connectivity index (χ0n) is 19.0. The van der Waals surface area contributed by atoms with Crippen LogP contribution < -0.4 is 15.0 Å². The summed E-state index contributed by atoms with van der Waals surface area (Å²) in [5.74, 6) is 0.459. The highest BCUT2D eigenvalue weighted by atomic mass is 35.5. The van der Waals surface area contributed by atoms with Crippen LogP contribution in [0.4, 0.5) is 21.7 Å². The number of carbonyl (C=O) groups excluding carboxylic acids is 1. The molecule has 1 saturated heterocycles. The van der Waals surface area contributed by atoms with E-state index in [0.29, 0.717) is 22.8 Å². The molecule has 0 bridgehead atoms. The van der Waals surface area contributed by atoms with Crippen molar-refractivity contribution in [2.45, 2.75) is 25.7 Å². The number of carbonyl (C=O) groups is 1. The Morgan fingerprint density at radius 1 is 1.24 bits per heavy atom. The van der Waals surface area contributed by atoms with Crippen molar-refractivity contribution in [3.8, 4) is 17.0 Å². The fourth-order valence-electron chi connectivity index (χ4n) is 4.07. The van der Waals surface area contributed by atoms with E-state index in [-0.39, 0.29) is 17.2 Å². The van der Waals surface area contributed by atoms with Gasteiger partial charge in [0.05, 0.1) is 29.7 Å².